The molecule has 1 heterocycles. The minimum absolute atomic E-state index is 0.138. The first kappa shape index (κ1) is 13.4. The number of hydrogen-bond acceptors (Lipinski definition) is 3. The number of rotatable bonds is 3. The van der Waals surface area contributed by atoms with Crippen LogP contribution in [0, 0.1) is 5.82 Å². The average Bonchev–Trinajstić information content (AvgIpc) is 2.99. The van der Waals surface area contributed by atoms with E-state index in [0.29, 0.717) is 21.1 Å². The highest BCUT2D eigenvalue weighted by molar-refractivity contribution is 9.13. The molecule has 0 saturated heterocycles. The van der Waals surface area contributed by atoms with Crippen LogP contribution in [0.3, 0.4) is 0 Å². The van der Waals surface area contributed by atoms with Crippen molar-refractivity contribution in [2.75, 3.05) is 0 Å². The van der Waals surface area contributed by atoms with E-state index >= 15 is 0 Å². The molecule has 0 aromatic carbocycles. The molecule has 0 spiro atoms. The molecule has 0 aliphatic heterocycles. The molecule has 1 saturated carbocycles. The van der Waals surface area contributed by atoms with Gasteiger partial charge in [0.2, 0.25) is 0 Å². The fraction of sp³-hybridized carbons (Fsp3) is 0.333. The van der Waals surface area contributed by atoms with E-state index in [1.165, 1.54) is 0 Å². The third-order valence-electron chi connectivity index (χ3n) is 2.47. The van der Waals surface area contributed by atoms with Gasteiger partial charge in [0.1, 0.15) is 10.5 Å². The molecule has 1 aliphatic rings. The Kier molecular flexibility index (Phi) is 3.59. The van der Waals surface area contributed by atoms with E-state index in [1.807, 2.05) is 0 Å². The molecule has 92 valence electrons. The minimum Gasteiger partial charge on any atom is -0.480 e. The second-order valence-electron chi connectivity index (χ2n) is 3.67. The van der Waals surface area contributed by atoms with Gasteiger partial charge in [-0.25, -0.2) is 9.18 Å². The molecule has 0 atom stereocenters. The molecule has 17 heavy (non-hydrogen) atoms. The number of thiophene rings is 1. The Morgan fingerprint density at radius 1 is 1.53 bits per heavy atom. The molecule has 3 nitrogen and oxygen atoms in total. The van der Waals surface area contributed by atoms with Crippen LogP contribution in [0.1, 0.15) is 17.7 Å². The minimum atomic E-state index is -0.994. The maximum atomic E-state index is 13.7. The number of thiocarbonyl (C=S) groups is 1. The number of nitrogens with one attached hydrogen (secondary N) is 1. The summed E-state index contributed by atoms with van der Waals surface area (Å²) < 4.78 is 14.6. The molecule has 0 radical (unpaired) electrons. The summed E-state index contributed by atoms with van der Waals surface area (Å²) in [5, 5.41) is 11.7. The quantitative estimate of drug-likeness (QED) is 0.761. The van der Waals surface area contributed by atoms with Gasteiger partial charge in [0.05, 0.1) is 13.1 Å². The highest BCUT2D eigenvalue weighted by Crippen LogP contribution is 2.39. The number of carboxylic acid groups (broad SMARTS) is 1. The summed E-state index contributed by atoms with van der Waals surface area (Å²) in [5.74, 6) is -1.42. The van der Waals surface area contributed by atoms with Crippen molar-refractivity contribution in [3.8, 4) is 0 Å². The number of halogens is 3. The lowest BCUT2D eigenvalue weighted by Gasteiger charge is -2.13. The first-order chi connectivity index (χ1) is 7.87. The maximum Gasteiger partial charge on any atom is 0.329 e. The van der Waals surface area contributed by atoms with E-state index in [-0.39, 0.29) is 9.87 Å². The van der Waals surface area contributed by atoms with Crippen LogP contribution < -0.4 is 5.32 Å². The number of hydrogen-bond donors (Lipinski definition) is 2. The highest BCUT2D eigenvalue weighted by Gasteiger charge is 2.51. The van der Waals surface area contributed by atoms with E-state index < -0.39 is 17.3 Å². The Morgan fingerprint density at radius 2 is 2.12 bits per heavy atom. The van der Waals surface area contributed by atoms with Gasteiger partial charge >= 0.3 is 5.97 Å². The Hall–Kier alpha value is -0.0500. The van der Waals surface area contributed by atoms with Crippen molar-refractivity contribution in [2.45, 2.75) is 18.4 Å². The van der Waals surface area contributed by atoms with E-state index in [9.17, 15) is 9.18 Å². The van der Waals surface area contributed by atoms with Gasteiger partial charge in [0.15, 0.2) is 5.82 Å². The molecule has 0 bridgehead atoms. The SMILES string of the molecule is O=C(O)C1(NC(=S)c2sc(Br)c(Br)c2F)CC1. The van der Waals surface area contributed by atoms with Gasteiger partial charge in [-0.05, 0) is 44.7 Å². The lowest BCUT2D eigenvalue weighted by molar-refractivity contribution is -0.140. The maximum absolute atomic E-state index is 13.7. The molecule has 8 heteroatoms. The van der Waals surface area contributed by atoms with Gasteiger partial charge in [-0.15, -0.1) is 11.3 Å². The predicted octanol–water partition coefficient (Wildman–Crippen LogP) is 3.29. The Morgan fingerprint density at radius 3 is 2.47 bits per heavy atom. The van der Waals surface area contributed by atoms with Crippen LogP contribution >= 0.6 is 55.4 Å². The third kappa shape index (κ3) is 2.40. The van der Waals surface area contributed by atoms with Crippen molar-refractivity contribution in [3.63, 3.8) is 0 Å². The topological polar surface area (TPSA) is 49.3 Å². The molecular formula is C9H6Br2FNO2S2. The van der Waals surface area contributed by atoms with E-state index in [2.05, 4.69) is 37.2 Å². The van der Waals surface area contributed by atoms with Crippen LogP contribution in [0.2, 0.25) is 0 Å². The first-order valence-electron chi connectivity index (χ1n) is 4.56. The third-order valence-corrected chi connectivity index (χ3v) is 6.30. The Labute approximate surface area is 123 Å². The second-order valence-corrected chi connectivity index (χ2v) is 7.21. The monoisotopic (exact) mass is 401 g/mol. The summed E-state index contributed by atoms with van der Waals surface area (Å²) in [6.07, 6.45) is 1.02. The second kappa shape index (κ2) is 4.56. The summed E-state index contributed by atoms with van der Waals surface area (Å²) in [6.45, 7) is 0. The standard InChI is InChI=1S/C9H6Br2FNO2S2/c10-3-4(12)5(17-6(3)11)7(16)13-9(1-2-9)8(14)15/h1-2H2,(H,13,16)(H,14,15). The fourth-order valence-electron chi connectivity index (χ4n) is 1.30. The number of aliphatic carboxylic acids is 1. The van der Waals surface area contributed by atoms with Crippen LogP contribution in [0.4, 0.5) is 4.39 Å². The van der Waals surface area contributed by atoms with Gasteiger partial charge < -0.3 is 10.4 Å². The Bertz CT molecular complexity index is 513. The van der Waals surface area contributed by atoms with Gasteiger partial charge in [0, 0.05) is 0 Å². The zero-order chi connectivity index (χ0) is 12.8. The van der Waals surface area contributed by atoms with Gasteiger partial charge in [-0.1, -0.05) is 12.2 Å². The van der Waals surface area contributed by atoms with E-state index in [0.717, 1.165) is 11.3 Å². The van der Waals surface area contributed by atoms with Crippen molar-refractivity contribution >= 4 is 66.4 Å². The first-order valence-corrected chi connectivity index (χ1v) is 7.37. The van der Waals surface area contributed by atoms with Crippen LogP contribution in [0.25, 0.3) is 0 Å². The normalized spacial score (nSPS) is 16.6. The van der Waals surface area contributed by atoms with Crippen molar-refractivity contribution in [1.82, 2.24) is 5.32 Å². The van der Waals surface area contributed by atoms with Crippen LogP contribution in [0.15, 0.2) is 8.26 Å². The lowest BCUT2D eigenvalue weighted by Crippen LogP contribution is -2.42. The smallest absolute Gasteiger partial charge is 0.329 e. The van der Waals surface area contributed by atoms with Crippen molar-refractivity contribution in [3.05, 3.63) is 19.0 Å². The molecule has 1 aromatic rings. The Balaban J connectivity index is 2.21. The lowest BCUT2D eigenvalue weighted by atomic mass is 10.2. The molecule has 0 amide bonds. The summed E-state index contributed by atoms with van der Waals surface area (Å²) >= 11 is 12.4. The number of carboxylic acids is 1. The molecule has 1 aliphatic carbocycles. The van der Waals surface area contributed by atoms with Gasteiger partial charge in [0.25, 0.3) is 0 Å². The van der Waals surface area contributed by atoms with Crippen molar-refractivity contribution in [2.24, 2.45) is 0 Å². The number of carbonyl (C=O) groups is 1. The zero-order valence-corrected chi connectivity index (χ0v) is 13.0. The summed E-state index contributed by atoms with van der Waals surface area (Å²) in [4.78, 5) is 11.4. The largest absolute Gasteiger partial charge is 0.480 e. The summed E-state index contributed by atoms with van der Waals surface area (Å²) in [7, 11) is 0. The fourth-order valence-corrected chi connectivity index (χ4v) is 3.64. The van der Waals surface area contributed by atoms with Crippen LogP contribution in [-0.2, 0) is 4.79 Å². The van der Waals surface area contributed by atoms with Gasteiger partial charge in [-0.2, -0.15) is 0 Å². The molecule has 2 rings (SSSR count). The molecular weight excluding hydrogens is 397 g/mol. The summed E-state index contributed by atoms with van der Waals surface area (Å²) in [6, 6.07) is 0. The molecule has 2 N–H and O–H groups in total. The van der Waals surface area contributed by atoms with Crippen LogP contribution in [0.5, 0.6) is 0 Å². The van der Waals surface area contributed by atoms with E-state index in [4.69, 9.17) is 17.3 Å². The zero-order valence-electron chi connectivity index (χ0n) is 8.22. The highest BCUT2D eigenvalue weighted by atomic mass is 79.9. The molecule has 1 aromatic heterocycles. The van der Waals surface area contributed by atoms with Crippen LogP contribution in [-0.4, -0.2) is 21.6 Å². The van der Waals surface area contributed by atoms with Gasteiger partial charge in [-0.3, -0.25) is 0 Å². The van der Waals surface area contributed by atoms with Crippen molar-refractivity contribution in [1.29, 1.82) is 0 Å². The average molecular weight is 403 g/mol. The molecule has 1 fully saturated rings. The van der Waals surface area contributed by atoms with Crippen molar-refractivity contribution < 1.29 is 14.3 Å². The summed E-state index contributed by atoms with van der Waals surface area (Å²) in [5.41, 5.74) is -0.994. The van der Waals surface area contributed by atoms with E-state index in [1.54, 1.807) is 0 Å². The predicted molar refractivity (Wildman–Crippen MR) is 74.1 cm³/mol. The molecule has 0 unspecified atom stereocenters.